The summed E-state index contributed by atoms with van der Waals surface area (Å²) in [7, 11) is 0. The zero-order valence-corrected chi connectivity index (χ0v) is 12.9. The molecule has 1 aromatic rings. The summed E-state index contributed by atoms with van der Waals surface area (Å²) in [6.45, 7) is 0.947. The van der Waals surface area contributed by atoms with Gasteiger partial charge in [-0.25, -0.2) is 0 Å². The molecule has 0 spiro atoms. The molecular weight excluding hydrogens is 294 g/mol. The number of halogens is 1. The first-order chi connectivity index (χ1) is 9.72. The number of rotatable bonds is 8. The van der Waals surface area contributed by atoms with E-state index in [4.69, 9.17) is 16.7 Å². The maximum absolute atomic E-state index is 12.0. The molecule has 0 saturated heterocycles. The topological polar surface area (TPSA) is 49.3 Å². The fourth-order valence-electron chi connectivity index (χ4n) is 2.21. The second kappa shape index (κ2) is 7.91. The smallest absolute Gasteiger partial charge is 0.223 e. The second-order valence-electron chi connectivity index (χ2n) is 4.98. The lowest BCUT2D eigenvalue weighted by Crippen LogP contribution is -2.27. The van der Waals surface area contributed by atoms with Crippen LogP contribution in [0.2, 0.25) is 5.02 Å². The van der Waals surface area contributed by atoms with E-state index in [0.717, 1.165) is 29.4 Å². The molecule has 3 nitrogen and oxygen atoms in total. The van der Waals surface area contributed by atoms with Gasteiger partial charge in [-0.1, -0.05) is 23.7 Å². The van der Waals surface area contributed by atoms with Crippen LogP contribution in [0.5, 0.6) is 0 Å². The zero-order valence-electron chi connectivity index (χ0n) is 11.3. The number of nitrogens with one attached hydrogen (secondary N) is 1. The van der Waals surface area contributed by atoms with Gasteiger partial charge in [0.25, 0.3) is 0 Å². The summed E-state index contributed by atoms with van der Waals surface area (Å²) < 4.78 is 0. The van der Waals surface area contributed by atoms with E-state index in [0.29, 0.717) is 12.5 Å². The molecule has 20 heavy (non-hydrogen) atoms. The van der Waals surface area contributed by atoms with Gasteiger partial charge in [-0.15, -0.1) is 0 Å². The Morgan fingerprint density at radius 3 is 2.80 bits per heavy atom. The SMILES string of the molecule is O=C(NCCSCCCO)C1CC1c1ccc(Cl)cc1. The van der Waals surface area contributed by atoms with Gasteiger partial charge >= 0.3 is 0 Å². The van der Waals surface area contributed by atoms with Gasteiger partial charge in [-0.05, 0) is 42.2 Å². The normalized spacial score (nSPS) is 20.7. The van der Waals surface area contributed by atoms with Crippen molar-refractivity contribution in [3.05, 3.63) is 34.9 Å². The van der Waals surface area contributed by atoms with Crippen molar-refractivity contribution >= 4 is 29.3 Å². The van der Waals surface area contributed by atoms with Gasteiger partial charge in [0.05, 0.1) is 0 Å². The van der Waals surface area contributed by atoms with Crippen molar-refractivity contribution in [2.24, 2.45) is 5.92 Å². The number of amides is 1. The highest BCUT2D eigenvalue weighted by Crippen LogP contribution is 2.47. The van der Waals surface area contributed by atoms with Crippen molar-refractivity contribution in [1.29, 1.82) is 0 Å². The van der Waals surface area contributed by atoms with Gasteiger partial charge in [0.15, 0.2) is 0 Å². The van der Waals surface area contributed by atoms with Crippen molar-refractivity contribution < 1.29 is 9.90 Å². The Hall–Kier alpha value is -0.710. The van der Waals surface area contributed by atoms with Crippen LogP contribution in [0.3, 0.4) is 0 Å². The molecule has 1 aliphatic carbocycles. The molecule has 2 N–H and O–H groups in total. The minimum absolute atomic E-state index is 0.124. The van der Waals surface area contributed by atoms with Crippen LogP contribution >= 0.6 is 23.4 Å². The van der Waals surface area contributed by atoms with Crippen molar-refractivity contribution in [2.45, 2.75) is 18.8 Å². The van der Waals surface area contributed by atoms with Crippen LogP contribution in [0.15, 0.2) is 24.3 Å². The summed E-state index contributed by atoms with van der Waals surface area (Å²) in [4.78, 5) is 12.0. The monoisotopic (exact) mass is 313 g/mol. The van der Waals surface area contributed by atoms with Crippen molar-refractivity contribution in [3.8, 4) is 0 Å². The Kier molecular flexibility index (Phi) is 6.20. The molecule has 2 rings (SSSR count). The number of aliphatic hydroxyl groups is 1. The van der Waals surface area contributed by atoms with E-state index in [1.54, 1.807) is 11.8 Å². The Bertz CT molecular complexity index is 438. The molecule has 1 saturated carbocycles. The molecule has 1 aliphatic rings. The number of benzene rings is 1. The second-order valence-corrected chi connectivity index (χ2v) is 6.64. The van der Waals surface area contributed by atoms with Crippen LogP contribution in [-0.2, 0) is 4.79 Å². The maximum Gasteiger partial charge on any atom is 0.223 e. The molecule has 1 amide bonds. The van der Waals surface area contributed by atoms with Crippen molar-refractivity contribution in [3.63, 3.8) is 0 Å². The highest BCUT2D eigenvalue weighted by atomic mass is 35.5. The summed E-state index contributed by atoms with van der Waals surface area (Å²) in [5.74, 6) is 2.49. The van der Waals surface area contributed by atoms with E-state index in [1.165, 1.54) is 5.56 Å². The Balaban J connectivity index is 1.64. The van der Waals surface area contributed by atoms with Gasteiger partial charge in [-0.3, -0.25) is 4.79 Å². The van der Waals surface area contributed by atoms with Crippen LogP contribution in [0, 0.1) is 5.92 Å². The van der Waals surface area contributed by atoms with E-state index in [2.05, 4.69) is 5.32 Å². The molecule has 5 heteroatoms. The predicted octanol–water partition coefficient (Wildman–Crippen LogP) is 2.68. The average Bonchev–Trinajstić information content (AvgIpc) is 3.24. The minimum atomic E-state index is 0.124. The molecule has 110 valence electrons. The lowest BCUT2D eigenvalue weighted by molar-refractivity contribution is -0.122. The third-order valence-corrected chi connectivity index (χ3v) is 4.74. The van der Waals surface area contributed by atoms with E-state index in [9.17, 15) is 4.79 Å². The molecule has 0 radical (unpaired) electrons. The van der Waals surface area contributed by atoms with E-state index >= 15 is 0 Å². The first-order valence-electron chi connectivity index (χ1n) is 6.94. The van der Waals surface area contributed by atoms with Gasteiger partial charge in [0, 0.05) is 29.8 Å². The summed E-state index contributed by atoms with van der Waals surface area (Å²) in [5.41, 5.74) is 1.20. The molecule has 1 fully saturated rings. The van der Waals surface area contributed by atoms with Crippen LogP contribution in [0.1, 0.15) is 24.3 Å². The van der Waals surface area contributed by atoms with Gasteiger partial charge in [0.2, 0.25) is 5.91 Å². The third-order valence-electron chi connectivity index (χ3n) is 3.42. The highest BCUT2D eigenvalue weighted by molar-refractivity contribution is 7.99. The average molecular weight is 314 g/mol. The maximum atomic E-state index is 12.0. The number of aliphatic hydroxyl groups excluding tert-OH is 1. The van der Waals surface area contributed by atoms with Crippen LogP contribution < -0.4 is 5.32 Å². The molecule has 0 bridgehead atoms. The van der Waals surface area contributed by atoms with E-state index < -0.39 is 0 Å². The Labute approximate surface area is 129 Å². The molecular formula is C15H20ClNO2S. The molecule has 0 heterocycles. The zero-order chi connectivity index (χ0) is 14.4. The molecule has 1 aromatic carbocycles. The lowest BCUT2D eigenvalue weighted by atomic mass is 10.1. The fraction of sp³-hybridized carbons (Fsp3) is 0.533. The highest BCUT2D eigenvalue weighted by Gasteiger charge is 2.43. The van der Waals surface area contributed by atoms with Crippen LogP contribution in [0.4, 0.5) is 0 Å². The first-order valence-corrected chi connectivity index (χ1v) is 8.47. The molecule has 2 unspecified atom stereocenters. The summed E-state index contributed by atoms with van der Waals surface area (Å²) in [6.07, 6.45) is 1.75. The van der Waals surface area contributed by atoms with Crippen LogP contribution in [0.25, 0.3) is 0 Å². The minimum Gasteiger partial charge on any atom is -0.396 e. The fourth-order valence-corrected chi connectivity index (χ4v) is 3.12. The number of thioether (sulfide) groups is 1. The van der Waals surface area contributed by atoms with Gasteiger partial charge in [-0.2, -0.15) is 11.8 Å². The Morgan fingerprint density at radius 2 is 2.10 bits per heavy atom. The number of hydrogen-bond donors (Lipinski definition) is 2. The Morgan fingerprint density at radius 1 is 1.35 bits per heavy atom. The number of carbonyl (C=O) groups excluding carboxylic acids is 1. The summed E-state index contributed by atoms with van der Waals surface area (Å²) in [6, 6.07) is 7.76. The summed E-state index contributed by atoms with van der Waals surface area (Å²) >= 11 is 7.62. The van der Waals surface area contributed by atoms with Gasteiger partial charge < -0.3 is 10.4 Å². The molecule has 0 aliphatic heterocycles. The van der Waals surface area contributed by atoms with Crippen LogP contribution in [-0.4, -0.2) is 35.7 Å². The summed E-state index contributed by atoms with van der Waals surface area (Å²) in [5, 5.41) is 12.4. The third kappa shape index (κ3) is 4.69. The largest absolute Gasteiger partial charge is 0.396 e. The standard InChI is InChI=1S/C15H20ClNO2S/c16-12-4-2-11(3-5-12)13-10-14(13)15(19)17-6-9-20-8-1-7-18/h2-5,13-14,18H,1,6-10H2,(H,17,19). The molecule has 2 atom stereocenters. The number of carbonyl (C=O) groups is 1. The molecule has 0 aromatic heterocycles. The van der Waals surface area contributed by atoms with Crippen molar-refractivity contribution in [2.75, 3.05) is 24.7 Å². The number of hydrogen-bond acceptors (Lipinski definition) is 3. The van der Waals surface area contributed by atoms with E-state index in [1.807, 2.05) is 24.3 Å². The van der Waals surface area contributed by atoms with Crippen molar-refractivity contribution in [1.82, 2.24) is 5.32 Å². The van der Waals surface area contributed by atoms with E-state index in [-0.39, 0.29) is 18.4 Å². The quantitative estimate of drug-likeness (QED) is 0.725. The van der Waals surface area contributed by atoms with Gasteiger partial charge in [0.1, 0.15) is 0 Å². The first kappa shape index (κ1) is 15.7. The predicted molar refractivity (Wildman–Crippen MR) is 84.3 cm³/mol. The lowest BCUT2D eigenvalue weighted by Gasteiger charge is -2.05.